The number of hydrogen-bond donors (Lipinski definition) is 1. The normalized spacial score (nSPS) is 12.8. The van der Waals surface area contributed by atoms with Gasteiger partial charge in [-0.25, -0.2) is 4.79 Å². The molecule has 4 heteroatoms. The first-order valence-electron chi connectivity index (χ1n) is 12.7. The van der Waals surface area contributed by atoms with E-state index in [9.17, 15) is 4.79 Å². The summed E-state index contributed by atoms with van der Waals surface area (Å²) in [5.74, 6) is 0. The Balaban J connectivity index is 2.29. The van der Waals surface area contributed by atoms with E-state index in [1.165, 1.54) is 64.2 Å². The molecule has 1 N–H and O–H groups in total. The first-order chi connectivity index (χ1) is 15.4. The average Bonchev–Trinajstić information content (AvgIpc) is 2.73. The minimum absolute atomic E-state index is 0.198. The fourth-order valence-electron chi connectivity index (χ4n) is 3.49. The Morgan fingerprint density at radius 1 is 0.938 bits per heavy atom. The number of alkyl carbamates (subject to hydrolysis) is 1. The van der Waals surface area contributed by atoms with Crippen molar-refractivity contribution in [2.24, 2.45) is 0 Å². The van der Waals surface area contributed by atoms with Gasteiger partial charge in [0.15, 0.2) is 0 Å². The number of allylic oxidation sites excluding steroid dienone is 1. The maximum Gasteiger partial charge on any atom is 0.408 e. The van der Waals surface area contributed by atoms with E-state index in [1.807, 2.05) is 57.2 Å². The molecule has 1 atom stereocenters. The molecule has 32 heavy (non-hydrogen) atoms. The van der Waals surface area contributed by atoms with Crippen molar-refractivity contribution in [2.75, 3.05) is 6.61 Å². The highest BCUT2D eigenvalue weighted by Gasteiger charge is 2.18. The maximum absolute atomic E-state index is 12.2. The Morgan fingerprint density at radius 2 is 1.53 bits per heavy atom. The number of carbonyl (C=O) groups is 1. The Kier molecular flexibility index (Phi) is 15.6. The number of rotatable bonds is 17. The summed E-state index contributed by atoms with van der Waals surface area (Å²) in [4.78, 5) is 12.2. The highest BCUT2D eigenvalue weighted by molar-refractivity contribution is 5.68. The van der Waals surface area contributed by atoms with Crippen LogP contribution in [0, 0.1) is 0 Å². The summed E-state index contributed by atoms with van der Waals surface area (Å²) in [6, 6.07) is 9.88. The van der Waals surface area contributed by atoms with Crippen LogP contribution in [-0.4, -0.2) is 24.3 Å². The van der Waals surface area contributed by atoms with Gasteiger partial charge in [-0.05, 0) is 39.2 Å². The van der Waals surface area contributed by atoms with Crippen molar-refractivity contribution in [3.05, 3.63) is 48.0 Å². The van der Waals surface area contributed by atoms with Crippen LogP contribution >= 0.6 is 0 Å². The Hall–Kier alpha value is -1.81. The topological polar surface area (TPSA) is 47.6 Å². The lowest BCUT2D eigenvalue weighted by Gasteiger charge is -2.22. The highest BCUT2D eigenvalue weighted by atomic mass is 16.6. The molecule has 0 aromatic heterocycles. The van der Waals surface area contributed by atoms with Gasteiger partial charge in [0.05, 0.1) is 19.3 Å². The van der Waals surface area contributed by atoms with Gasteiger partial charge in [0.25, 0.3) is 0 Å². The molecule has 182 valence electrons. The van der Waals surface area contributed by atoms with Crippen LogP contribution in [0.1, 0.15) is 104 Å². The quantitative estimate of drug-likeness (QED) is 0.195. The van der Waals surface area contributed by atoms with E-state index < -0.39 is 11.7 Å². The molecule has 0 aliphatic rings. The summed E-state index contributed by atoms with van der Waals surface area (Å²) in [6.45, 7) is 8.82. The number of unbranched alkanes of at least 4 members (excludes halogenated alkanes) is 10. The molecule has 0 radical (unpaired) electrons. The van der Waals surface area contributed by atoms with Crippen molar-refractivity contribution in [3.63, 3.8) is 0 Å². The zero-order chi connectivity index (χ0) is 23.5. The first-order valence-corrected chi connectivity index (χ1v) is 12.7. The summed E-state index contributed by atoms with van der Waals surface area (Å²) in [5, 5.41) is 2.93. The molecule has 1 aromatic carbocycles. The molecule has 0 spiro atoms. The van der Waals surface area contributed by atoms with Crippen molar-refractivity contribution in [1.29, 1.82) is 0 Å². The SMILES string of the molecule is CCCCCCCCCCCC/C=C/[C@H](COCc1ccccc1)NC(=O)OC(C)(C)C. The lowest BCUT2D eigenvalue weighted by molar-refractivity contribution is 0.0458. The van der Waals surface area contributed by atoms with Crippen LogP contribution in [0.5, 0.6) is 0 Å². The van der Waals surface area contributed by atoms with Crippen molar-refractivity contribution in [1.82, 2.24) is 5.32 Å². The fraction of sp³-hybridized carbons (Fsp3) is 0.679. The molecular formula is C28H47NO3. The summed E-state index contributed by atoms with van der Waals surface area (Å²) in [6.07, 6.45) is 18.2. The molecule has 4 nitrogen and oxygen atoms in total. The molecule has 0 fully saturated rings. The van der Waals surface area contributed by atoms with E-state index in [1.54, 1.807) is 0 Å². The molecule has 0 heterocycles. The molecule has 0 bridgehead atoms. The molecule has 0 unspecified atom stereocenters. The minimum atomic E-state index is -0.515. The third-order valence-electron chi connectivity index (χ3n) is 5.20. The van der Waals surface area contributed by atoms with Crippen LogP contribution < -0.4 is 5.32 Å². The van der Waals surface area contributed by atoms with Crippen molar-refractivity contribution < 1.29 is 14.3 Å². The molecule has 1 aromatic rings. The standard InChI is InChI=1S/C28H47NO3/c1-5-6-7-8-9-10-11-12-13-14-15-19-22-26(29-27(30)32-28(2,3)4)24-31-23-25-20-17-16-18-21-25/h16-22,26H,5-15,23-24H2,1-4H3,(H,29,30)/b22-19+/t26-/m1/s1. The molecule has 1 rings (SSSR count). The number of nitrogens with one attached hydrogen (secondary N) is 1. The van der Waals surface area contributed by atoms with Gasteiger partial charge in [0.1, 0.15) is 5.60 Å². The number of benzene rings is 1. The summed E-state index contributed by atoms with van der Waals surface area (Å²) in [5.41, 5.74) is 0.608. The smallest absolute Gasteiger partial charge is 0.408 e. The summed E-state index contributed by atoms with van der Waals surface area (Å²) >= 11 is 0. The predicted molar refractivity (Wildman–Crippen MR) is 135 cm³/mol. The summed E-state index contributed by atoms with van der Waals surface area (Å²) in [7, 11) is 0. The Morgan fingerprint density at radius 3 is 2.12 bits per heavy atom. The second kappa shape index (κ2) is 17.7. The maximum atomic E-state index is 12.2. The fourth-order valence-corrected chi connectivity index (χ4v) is 3.49. The van der Waals surface area contributed by atoms with E-state index in [-0.39, 0.29) is 6.04 Å². The summed E-state index contributed by atoms with van der Waals surface area (Å²) < 4.78 is 11.3. The van der Waals surface area contributed by atoms with E-state index in [2.05, 4.69) is 18.3 Å². The molecule has 1 amide bonds. The molecule has 0 aliphatic carbocycles. The van der Waals surface area contributed by atoms with Gasteiger partial charge in [0, 0.05) is 0 Å². The molecule has 0 aliphatic heterocycles. The number of amides is 1. The highest BCUT2D eigenvalue weighted by Crippen LogP contribution is 2.12. The van der Waals surface area contributed by atoms with Gasteiger partial charge in [-0.2, -0.15) is 0 Å². The van der Waals surface area contributed by atoms with Crippen molar-refractivity contribution >= 4 is 6.09 Å². The van der Waals surface area contributed by atoms with Gasteiger partial charge in [0.2, 0.25) is 0 Å². The van der Waals surface area contributed by atoms with E-state index in [4.69, 9.17) is 9.47 Å². The Bertz CT molecular complexity index is 607. The van der Waals surface area contributed by atoms with Crippen LogP contribution in [0.15, 0.2) is 42.5 Å². The van der Waals surface area contributed by atoms with Crippen LogP contribution in [0.2, 0.25) is 0 Å². The second-order valence-electron chi connectivity index (χ2n) is 9.65. The van der Waals surface area contributed by atoms with Gasteiger partial charge >= 0.3 is 6.09 Å². The number of ether oxygens (including phenoxy) is 2. The zero-order valence-corrected chi connectivity index (χ0v) is 21.0. The van der Waals surface area contributed by atoms with Crippen molar-refractivity contribution in [2.45, 2.75) is 117 Å². The van der Waals surface area contributed by atoms with E-state index in [0.717, 1.165) is 12.0 Å². The van der Waals surface area contributed by atoms with Crippen LogP contribution in [0.4, 0.5) is 4.79 Å². The number of carbonyl (C=O) groups excluding carboxylic acids is 1. The Labute approximate surface area is 197 Å². The number of hydrogen-bond acceptors (Lipinski definition) is 3. The average molecular weight is 446 g/mol. The van der Waals surface area contributed by atoms with Crippen LogP contribution in [0.25, 0.3) is 0 Å². The monoisotopic (exact) mass is 445 g/mol. The second-order valence-corrected chi connectivity index (χ2v) is 9.65. The van der Waals surface area contributed by atoms with Gasteiger partial charge in [-0.3, -0.25) is 0 Å². The van der Waals surface area contributed by atoms with Crippen LogP contribution in [-0.2, 0) is 16.1 Å². The minimum Gasteiger partial charge on any atom is -0.444 e. The third kappa shape index (κ3) is 16.8. The third-order valence-corrected chi connectivity index (χ3v) is 5.20. The van der Waals surface area contributed by atoms with Gasteiger partial charge < -0.3 is 14.8 Å². The van der Waals surface area contributed by atoms with Crippen LogP contribution in [0.3, 0.4) is 0 Å². The lowest BCUT2D eigenvalue weighted by atomic mass is 10.1. The molecule has 0 saturated heterocycles. The largest absolute Gasteiger partial charge is 0.444 e. The molecular weight excluding hydrogens is 398 g/mol. The van der Waals surface area contributed by atoms with E-state index in [0.29, 0.717) is 13.2 Å². The van der Waals surface area contributed by atoms with Gasteiger partial charge in [-0.1, -0.05) is 107 Å². The predicted octanol–water partition coefficient (Wildman–Crippen LogP) is 7.96. The first kappa shape index (κ1) is 28.2. The lowest BCUT2D eigenvalue weighted by Crippen LogP contribution is -2.40. The van der Waals surface area contributed by atoms with Crippen molar-refractivity contribution in [3.8, 4) is 0 Å². The van der Waals surface area contributed by atoms with E-state index >= 15 is 0 Å². The van der Waals surface area contributed by atoms with Gasteiger partial charge in [-0.15, -0.1) is 0 Å². The molecule has 0 saturated carbocycles. The zero-order valence-electron chi connectivity index (χ0n) is 21.0.